The number of methoxy groups -OCH3 is 1. The van der Waals surface area contributed by atoms with Crippen molar-refractivity contribution in [3.8, 4) is 5.75 Å². The summed E-state index contributed by atoms with van der Waals surface area (Å²) in [4.78, 5) is 0. The summed E-state index contributed by atoms with van der Waals surface area (Å²) in [6.45, 7) is 3.20. The van der Waals surface area contributed by atoms with E-state index in [9.17, 15) is 4.39 Å². The molecule has 0 spiro atoms. The van der Waals surface area contributed by atoms with Crippen LogP contribution in [0.5, 0.6) is 5.75 Å². The van der Waals surface area contributed by atoms with Crippen LogP contribution in [-0.2, 0) is 10.2 Å². The zero-order chi connectivity index (χ0) is 13.2. The Kier molecular flexibility index (Phi) is 3.88. The second-order valence-corrected chi connectivity index (χ2v) is 5.13. The van der Waals surface area contributed by atoms with E-state index in [1.54, 1.807) is 19.2 Å². The van der Waals surface area contributed by atoms with Crippen LogP contribution in [0.1, 0.15) is 25.3 Å². The summed E-state index contributed by atoms with van der Waals surface area (Å²) < 4.78 is 24.1. The Morgan fingerprint density at radius 3 is 2.72 bits per heavy atom. The number of benzene rings is 1. The first-order valence-corrected chi connectivity index (χ1v) is 6.25. The van der Waals surface area contributed by atoms with Crippen LogP contribution in [0, 0.1) is 5.82 Å². The lowest BCUT2D eigenvalue weighted by atomic mass is 9.74. The summed E-state index contributed by atoms with van der Waals surface area (Å²) >= 11 is 0. The summed E-state index contributed by atoms with van der Waals surface area (Å²) in [6, 6.07) is 4.79. The molecule has 1 aromatic carbocycles. The van der Waals surface area contributed by atoms with Crippen LogP contribution in [0.25, 0.3) is 0 Å². The van der Waals surface area contributed by atoms with Gasteiger partial charge >= 0.3 is 0 Å². The molecule has 1 aliphatic heterocycles. The van der Waals surface area contributed by atoms with Crippen molar-refractivity contribution in [3.05, 3.63) is 29.6 Å². The van der Waals surface area contributed by atoms with Gasteiger partial charge in [-0.05, 0) is 38.0 Å². The first-order valence-electron chi connectivity index (χ1n) is 6.25. The van der Waals surface area contributed by atoms with Crippen molar-refractivity contribution in [2.45, 2.75) is 31.2 Å². The van der Waals surface area contributed by atoms with Gasteiger partial charge in [0, 0.05) is 17.0 Å². The highest BCUT2D eigenvalue weighted by Crippen LogP contribution is 2.41. The monoisotopic (exact) mass is 253 g/mol. The van der Waals surface area contributed by atoms with Gasteiger partial charge in [-0.2, -0.15) is 0 Å². The van der Waals surface area contributed by atoms with Crippen LogP contribution < -0.4 is 10.5 Å². The molecule has 0 amide bonds. The maximum atomic E-state index is 13.5. The third kappa shape index (κ3) is 2.49. The van der Waals surface area contributed by atoms with Crippen LogP contribution in [0.4, 0.5) is 4.39 Å². The first-order chi connectivity index (χ1) is 8.57. The fraction of sp³-hybridized carbons (Fsp3) is 0.571. The zero-order valence-electron chi connectivity index (χ0n) is 10.9. The van der Waals surface area contributed by atoms with Crippen molar-refractivity contribution < 1.29 is 13.9 Å². The molecule has 0 aromatic heterocycles. The highest BCUT2D eigenvalue weighted by molar-refractivity contribution is 5.41. The molecule has 1 atom stereocenters. The number of hydrogen-bond donors (Lipinski definition) is 1. The lowest BCUT2D eigenvalue weighted by molar-refractivity contribution is -0.0666. The van der Waals surface area contributed by atoms with E-state index in [1.165, 1.54) is 6.07 Å². The summed E-state index contributed by atoms with van der Waals surface area (Å²) in [5.74, 6) is 0.488. The SMILES string of the molecule is COc1ccc(F)cc1C1(CCC(C)N)COC1. The van der Waals surface area contributed by atoms with Crippen molar-refractivity contribution in [1.82, 2.24) is 0 Å². The normalized spacial score (nSPS) is 19.1. The molecular formula is C14H20FNO2. The Morgan fingerprint density at radius 1 is 1.50 bits per heavy atom. The molecule has 0 saturated carbocycles. The van der Waals surface area contributed by atoms with Gasteiger partial charge in [0.25, 0.3) is 0 Å². The quantitative estimate of drug-likeness (QED) is 0.875. The van der Waals surface area contributed by atoms with Crippen LogP contribution in [0.2, 0.25) is 0 Å². The summed E-state index contributed by atoms with van der Waals surface area (Å²) in [6.07, 6.45) is 1.79. The molecule has 4 heteroatoms. The van der Waals surface area contributed by atoms with Crippen molar-refractivity contribution in [2.24, 2.45) is 5.73 Å². The van der Waals surface area contributed by atoms with Gasteiger partial charge in [0.1, 0.15) is 11.6 Å². The molecule has 2 rings (SSSR count). The molecule has 1 fully saturated rings. The van der Waals surface area contributed by atoms with Gasteiger partial charge < -0.3 is 15.2 Å². The average molecular weight is 253 g/mol. The molecule has 1 saturated heterocycles. The average Bonchev–Trinajstić information content (AvgIpc) is 2.27. The molecule has 1 unspecified atom stereocenters. The predicted molar refractivity (Wildman–Crippen MR) is 68.3 cm³/mol. The zero-order valence-corrected chi connectivity index (χ0v) is 10.9. The lowest BCUT2D eigenvalue weighted by Gasteiger charge is -2.43. The Morgan fingerprint density at radius 2 is 2.22 bits per heavy atom. The maximum Gasteiger partial charge on any atom is 0.123 e. The van der Waals surface area contributed by atoms with Crippen molar-refractivity contribution in [3.63, 3.8) is 0 Å². The van der Waals surface area contributed by atoms with Crippen LogP contribution in [0.15, 0.2) is 18.2 Å². The van der Waals surface area contributed by atoms with Crippen LogP contribution >= 0.6 is 0 Å². The molecule has 0 aliphatic carbocycles. The van der Waals surface area contributed by atoms with E-state index < -0.39 is 0 Å². The molecule has 1 aromatic rings. The number of hydrogen-bond acceptors (Lipinski definition) is 3. The van der Waals surface area contributed by atoms with Crippen molar-refractivity contribution in [2.75, 3.05) is 20.3 Å². The third-order valence-electron chi connectivity index (χ3n) is 3.57. The first kappa shape index (κ1) is 13.3. The van der Waals surface area contributed by atoms with Gasteiger partial charge in [0.2, 0.25) is 0 Å². The van der Waals surface area contributed by atoms with Gasteiger partial charge in [0.05, 0.1) is 20.3 Å². The number of nitrogens with two attached hydrogens (primary N) is 1. The maximum absolute atomic E-state index is 13.5. The number of rotatable bonds is 5. The lowest BCUT2D eigenvalue weighted by Crippen LogP contribution is -2.47. The molecule has 18 heavy (non-hydrogen) atoms. The van der Waals surface area contributed by atoms with E-state index in [0.717, 1.165) is 24.2 Å². The molecule has 0 bridgehead atoms. The van der Waals surface area contributed by atoms with Gasteiger partial charge in [-0.1, -0.05) is 0 Å². The van der Waals surface area contributed by atoms with Gasteiger partial charge in [0.15, 0.2) is 0 Å². The second kappa shape index (κ2) is 5.24. The van der Waals surface area contributed by atoms with E-state index >= 15 is 0 Å². The Balaban J connectivity index is 2.28. The molecule has 0 radical (unpaired) electrons. The van der Waals surface area contributed by atoms with E-state index in [0.29, 0.717) is 13.2 Å². The van der Waals surface area contributed by atoms with E-state index in [4.69, 9.17) is 15.2 Å². The van der Waals surface area contributed by atoms with Crippen LogP contribution in [-0.4, -0.2) is 26.4 Å². The van der Waals surface area contributed by atoms with Gasteiger partial charge in [-0.25, -0.2) is 4.39 Å². The smallest absolute Gasteiger partial charge is 0.123 e. The standard InChI is InChI=1S/C14H20FNO2/c1-10(16)5-6-14(8-18-9-14)12-7-11(15)3-4-13(12)17-2/h3-4,7,10H,5-6,8-9,16H2,1-2H3. The van der Waals surface area contributed by atoms with E-state index in [-0.39, 0.29) is 17.3 Å². The molecular weight excluding hydrogens is 233 g/mol. The molecule has 2 N–H and O–H groups in total. The van der Waals surface area contributed by atoms with E-state index in [2.05, 4.69) is 0 Å². The van der Waals surface area contributed by atoms with Crippen LogP contribution in [0.3, 0.4) is 0 Å². The summed E-state index contributed by atoms with van der Waals surface area (Å²) in [5.41, 5.74) is 6.57. The summed E-state index contributed by atoms with van der Waals surface area (Å²) in [7, 11) is 1.61. The number of halogens is 1. The molecule has 1 heterocycles. The summed E-state index contributed by atoms with van der Waals surface area (Å²) in [5, 5.41) is 0. The molecule has 100 valence electrons. The minimum absolute atomic E-state index is 0.138. The molecule has 3 nitrogen and oxygen atoms in total. The topological polar surface area (TPSA) is 44.5 Å². The predicted octanol–water partition coefficient (Wildman–Crippen LogP) is 2.23. The minimum Gasteiger partial charge on any atom is -0.496 e. The molecule has 1 aliphatic rings. The fourth-order valence-corrected chi connectivity index (χ4v) is 2.38. The Hall–Kier alpha value is -1.13. The number of ether oxygens (including phenoxy) is 2. The minimum atomic E-state index is -0.238. The Bertz CT molecular complexity index is 416. The highest BCUT2D eigenvalue weighted by Gasteiger charge is 2.42. The van der Waals surface area contributed by atoms with Crippen molar-refractivity contribution >= 4 is 0 Å². The second-order valence-electron chi connectivity index (χ2n) is 5.13. The Labute approximate surface area is 107 Å². The third-order valence-corrected chi connectivity index (χ3v) is 3.57. The van der Waals surface area contributed by atoms with E-state index in [1.807, 2.05) is 6.92 Å². The largest absolute Gasteiger partial charge is 0.496 e. The highest BCUT2D eigenvalue weighted by atomic mass is 19.1. The van der Waals surface area contributed by atoms with Crippen molar-refractivity contribution in [1.29, 1.82) is 0 Å². The van der Waals surface area contributed by atoms with Gasteiger partial charge in [-0.15, -0.1) is 0 Å². The fourth-order valence-electron chi connectivity index (χ4n) is 2.38. The van der Waals surface area contributed by atoms with Gasteiger partial charge in [-0.3, -0.25) is 0 Å².